The van der Waals surface area contributed by atoms with Gasteiger partial charge in [0.25, 0.3) is 5.91 Å². The lowest BCUT2D eigenvalue weighted by atomic mass is 10.1. The summed E-state index contributed by atoms with van der Waals surface area (Å²) in [6.07, 6.45) is -10.5. The number of carbonyl (C=O) groups excluding carboxylic acids is 1. The van der Waals surface area contributed by atoms with Crippen molar-refractivity contribution < 1.29 is 48.3 Å². The summed E-state index contributed by atoms with van der Waals surface area (Å²) in [6, 6.07) is 0.411. The topological polar surface area (TPSA) is 101 Å². The second-order valence-electron chi connectivity index (χ2n) is 6.37. The Morgan fingerprint density at radius 1 is 0.970 bits per heavy atom. The molecule has 2 aromatic heterocycles. The maximum Gasteiger partial charge on any atom is 0.458 e. The molecule has 2 heterocycles. The van der Waals surface area contributed by atoms with Gasteiger partial charge in [0.2, 0.25) is 0 Å². The first-order valence-electron chi connectivity index (χ1n) is 8.69. The molecule has 2 N–H and O–H groups in total. The molecule has 0 radical (unpaired) electrons. The van der Waals surface area contributed by atoms with E-state index in [1.54, 1.807) is 0 Å². The normalized spacial score (nSPS) is 13.0. The van der Waals surface area contributed by atoms with E-state index in [0.29, 0.717) is 12.3 Å². The van der Waals surface area contributed by atoms with E-state index < -0.39 is 67.2 Å². The van der Waals surface area contributed by atoms with Crippen LogP contribution in [0.5, 0.6) is 0 Å². The van der Waals surface area contributed by atoms with Crippen LogP contribution in [0, 0.1) is 0 Å². The van der Waals surface area contributed by atoms with Crippen molar-refractivity contribution in [2.24, 2.45) is 0 Å². The number of nitrogens with zero attached hydrogens (tertiary/aromatic N) is 2. The van der Waals surface area contributed by atoms with Crippen molar-refractivity contribution in [2.45, 2.75) is 30.1 Å². The molecule has 1 amide bonds. The van der Waals surface area contributed by atoms with E-state index in [-0.39, 0.29) is 18.1 Å². The first-order valence-corrected chi connectivity index (χ1v) is 10.3. The van der Waals surface area contributed by atoms with Crippen LogP contribution in [-0.2, 0) is 21.9 Å². The second kappa shape index (κ2) is 8.72. The van der Waals surface area contributed by atoms with Crippen molar-refractivity contribution in [3.05, 3.63) is 41.3 Å². The van der Waals surface area contributed by atoms with Gasteiger partial charge in [0.15, 0.2) is 9.84 Å². The van der Waals surface area contributed by atoms with Crippen LogP contribution in [0.1, 0.15) is 28.5 Å². The Bertz CT molecular complexity index is 1160. The third-order valence-corrected chi connectivity index (χ3v) is 5.94. The molecular formula is C17H14F8N4O3S. The lowest BCUT2D eigenvalue weighted by Gasteiger charge is -2.21. The molecule has 0 aliphatic rings. The SMILES string of the molecule is CCS(=O)(=O)c1cc(C(F)(F)C(F)(F)F)cnc1C(=O)Nc1cc(C(F)(F)F)cnc1NC. The number of pyridine rings is 2. The fourth-order valence-corrected chi connectivity index (χ4v) is 3.50. The van der Waals surface area contributed by atoms with Crippen molar-refractivity contribution in [3.63, 3.8) is 0 Å². The van der Waals surface area contributed by atoms with Crippen molar-refractivity contribution in [1.82, 2.24) is 9.97 Å². The average molecular weight is 506 g/mol. The number of alkyl halides is 8. The first-order chi connectivity index (χ1) is 15.0. The van der Waals surface area contributed by atoms with E-state index in [1.807, 2.05) is 5.32 Å². The third kappa shape index (κ3) is 5.31. The van der Waals surface area contributed by atoms with Crippen molar-refractivity contribution >= 4 is 27.2 Å². The summed E-state index contributed by atoms with van der Waals surface area (Å²) in [5.41, 5.74) is -4.80. The minimum Gasteiger partial charge on any atom is -0.371 e. The fraction of sp³-hybridized carbons (Fsp3) is 0.353. The smallest absolute Gasteiger partial charge is 0.371 e. The van der Waals surface area contributed by atoms with E-state index in [1.165, 1.54) is 7.05 Å². The van der Waals surface area contributed by atoms with Crippen LogP contribution >= 0.6 is 0 Å². The molecule has 0 aliphatic carbocycles. The van der Waals surface area contributed by atoms with Crippen LogP contribution in [0.15, 0.2) is 29.4 Å². The van der Waals surface area contributed by atoms with E-state index >= 15 is 0 Å². The van der Waals surface area contributed by atoms with Gasteiger partial charge in [0.1, 0.15) is 11.5 Å². The molecule has 182 valence electrons. The van der Waals surface area contributed by atoms with Crippen molar-refractivity contribution in [1.29, 1.82) is 0 Å². The summed E-state index contributed by atoms with van der Waals surface area (Å²) in [6.45, 7) is 1.03. The largest absolute Gasteiger partial charge is 0.458 e. The molecule has 0 fully saturated rings. The van der Waals surface area contributed by atoms with Gasteiger partial charge in [-0.15, -0.1) is 0 Å². The highest BCUT2D eigenvalue weighted by Gasteiger charge is 2.59. The number of aromatic nitrogens is 2. The van der Waals surface area contributed by atoms with E-state index in [0.717, 1.165) is 6.92 Å². The molecule has 2 aromatic rings. The molecule has 0 saturated carbocycles. The minimum absolute atomic E-state index is 0.0412. The third-order valence-electron chi connectivity index (χ3n) is 4.20. The summed E-state index contributed by atoms with van der Waals surface area (Å²) < 4.78 is 129. The zero-order valence-electron chi connectivity index (χ0n) is 16.6. The zero-order chi connectivity index (χ0) is 25.4. The Kier molecular flexibility index (Phi) is 6.93. The molecule has 33 heavy (non-hydrogen) atoms. The quantitative estimate of drug-likeness (QED) is 0.569. The lowest BCUT2D eigenvalue weighted by molar-refractivity contribution is -0.289. The van der Waals surface area contributed by atoms with Crippen LogP contribution in [0.25, 0.3) is 0 Å². The van der Waals surface area contributed by atoms with Crippen LogP contribution in [-0.4, -0.2) is 43.3 Å². The molecule has 0 bridgehead atoms. The van der Waals surface area contributed by atoms with E-state index in [2.05, 4.69) is 15.3 Å². The highest BCUT2D eigenvalue weighted by molar-refractivity contribution is 7.91. The summed E-state index contributed by atoms with van der Waals surface area (Å²) in [5, 5.41) is 4.29. The first kappa shape index (κ1) is 26.2. The van der Waals surface area contributed by atoms with Crippen LogP contribution in [0.3, 0.4) is 0 Å². The van der Waals surface area contributed by atoms with Gasteiger partial charge in [0, 0.05) is 19.4 Å². The number of rotatable bonds is 6. The van der Waals surface area contributed by atoms with Crippen LogP contribution in [0.4, 0.5) is 46.6 Å². The average Bonchev–Trinajstić information content (AvgIpc) is 2.71. The van der Waals surface area contributed by atoms with E-state index in [9.17, 15) is 48.3 Å². The number of sulfone groups is 1. The summed E-state index contributed by atoms with van der Waals surface area (Å²) in [5.74, 6) is -8.06. The number of hydrogen-bond donors (Lipinski definition) is 2. The number of amides is 1. The van der Waals surface area contributed by atoms with Crippen LogP contribution < -0.4 is 10.6 Å². The molecule has 0 spiro atoms. The molecule has 7 nitrogen and oxygen atoms in total. The molecule has 0 aliphatic heterocycles. The monoisotopic (exact) mass is 506 g/mol. The van der Waals surface area contributed by atoms with Gasteiger partial charge in [-0.25, -0.2) is 18.4 Å². The maximum atomic E-state index is 13.7. The van der Waals surface area contributed by atoms with Gasteiger partial charge in [0.05, 0.1) is 27.5 Å². The van der Waals surface area contributed by atoms with Gasteiger partial charge >= 0.3 is 18.3 Å². The molecule has 0 atom stereocenters. The highest BCUT2D eigenvalue weighted by atomic mass is 32.2. The van der Waals surface area contributed by atoms with Gasteiger partial charge in [-0.1, -0.05) is 6.92 Å². The Morgan fingerprint density at radius 3 is 2.03 bits per heavy atom. The number of nitrogens with one attached hydrogen (secondary N) is 2. The lowest BCUT2D eigenvalue weighted by Crippen LogP contribution is -2.34. The Morgan fingerprint density at radius 2 is 1.55 bits per heavy atom. The summed E-state index contributed by atoms with van der Waals surface area (Å²) >= 11 is 0. The molecule has 0 saturated heterocycles. The molecule has 2 rings (SSSR count). The Labute approximate surface area is 181 Å². The minimum atomic E-state index is -6.09. The van der Waals surface area contributed by atoms with Gasteiger partial charge in [-0.2, -0.15) is 35.1 Å². The predicted octanol–water partition coefficient (Wildman–Crippen LogP) is 4.24. The highest BCUT2D eigenvalue weighted by Crippen LogP contribution is 2.44. The zero-order valence-corrected chi connectivity index (χ0v) is 17.4. The Hall–Kier alpha value is -3.04. The fourth-order valence-electron chi connectivity index (χ4n) is 2.44. The maximum absolute atomic E-state index is 13.7. The summed E-state index contributed by atoms with van der Waals surface area (Å²) in [4.78, 5) is 18.0. The standard InChI is InChI=1S/C17H14F8N4O3S/c1-3-33(31,32)11-5-8(15(18,19)17(23,24)25)6-27-12(11)14(30)29-10-4-9(16(20,21)22)7-28-13(10)26-2/h4-7H,3H2,1-2H3,(H,26,28)(H,29,30). The molecule has 16 heteroatoms. The second-order valence-corrected chi connectivity index (χ2v) is 8.62. The van der Waals surface area contributed by atoms with Crippen molar-refractivity contribution in [2.75, 3.05) is 23.4 Å². The van der Waals surface area contributed by atoms with Gasteiger partial charge < -0.3 is 10.6 Å². The summed E-state index contributed by atoms with van der Waals surface area (Å²) in [7, 11) is -3.34. The number of hydrogen-bond acceptors (Lipinski definition) is 6. The molecule has 0 unspecified atom stereocenters. The number of carbonyl (C=O) groups is 1. The Balaban J connectivity index is 2.62. The molecule has 0 aromatic carbocycles. The van der Waals surface area contributed by atoms with Gasteiger partial charge in [-0.3, -0.25) is 4.79 Å². The molecular weight excluding hydrogens is 492 g/mol. The predicted molar refractivity (Wildman–Crippen MR) is 98.7 cm³/mol. The number of halogens is 8. The number of anilines is 2. The van der Waals surface area contributed by atoms with Crippen LogP contribution in [0.2, 0.25) is 0 Å². The van der Waals surface area contributed by atoms with Crippen molar-refractivity contribution in [3.8, 4) is 0 Å². The van der Waals surface area contributed by atoms with E-state index in [4.69, 9.17) is 0 Å². The van der Waals surface area contributed by atoms with Gasteiger partial charge in [-0.05, 0) is 12.1 Å².